The second-order valence-electron chi connectivity index (χ2n) is 5.95. The number of phenolic OH excluding ortho intramolecular Hbond substituents is 1. The average Bonchev–Trinajstić information content (AvgIpc) is 2.58. The molecule has 0 fully saturated rings. The minimum Gasteiger partial charge on any atom is -0.508 e. The molecule has 0 radical (unpaired) electrons. The Bertz CT molecular complexity index is 998. The lowest BCUT2D eigenvalue weighted by atomic mass is 10.0. The van der Waals surface area contributed by atoms with E-state index in [-0.39, 0.29) is 11.8 Å². The first kappa shape index (κ1) is 17.1. The maximum atomic E-state index is 13.4. The monoisotopic (exact) mass is 345 g/mol. The van der Waals surface area contributed by atoms with Crippen LogP contribution in [0.5, 0.6) is 5.75 Å². The molecule has 25 heavy (non-hydrogen) atoms. The van der Waals surface area contributed by atoms with Gasteiger partial charge in [0.2, 0.25) is 0 Å². The van der Waals surface area contributed by atoms with Gasteiger partial charge >= 0.3 is 5.63 Å². The Morgan fingerprint density at radius 2 is 1.92 bits per heavy atom. The maximum Gasteiger partial charge on any atom is 0.336 e. The van der Waals surface area contributed by atoms with Crippen molar-refractivity contribution in [3.05, 3.63) is 75.1 Å². The lowest BCUT2D eigenvalue weighted by Crippen LogP contribution is -2.19. The molecule has 0 unspecified atom stereocenters. The second kappa shape index (κ2) is 6.64. The van der Waals surface area contributed by atoms with E-state index in [9.17, 15) is 18.7 Å². The molecule has 0 saturated heterocycles. The van der Waals surface area contributed by atoms with Gasteiger partial charge in [-0.15, -0.1) is 0 Å². The number of nitrogens with one attached hydrogen (secondary N) is 1. The van der Waals surface area contributed by atoms with Crippen molar-refractivity contribution in [3.63, 3.8) is 0 Å². The Labute approximate surface area is 142 Å². The fraction of sp³-hybridized carbons (Fsp3) is 0.211. The quantitative estimate of drug-likeness (QED) is 0.703. The molecule has 0 amide bonds. The van der Waals surface area contributed by atoms with Gasteiger partial charge in [0.15, 0.2) is 11.6 Å². The summed E-state index contributed by atoms with van der Waals surface area (Å²) in [6, 6.07) is 8.09. The Balaban J connectivity index is 1.89. The van der Waals surface area contributed by atoms with E-state index >= 15 is 0 Å². The summed E-state index contributed by atoms with van der Waals surface area (Å²) in [4.78, 5) is 11.8. The molecule has 130 valence electrons. The molecule has 0 aliphatic carbocycles. The second-order valence-corrected chi connectivity index (χ2v) is 5.95. The van der Waals surface area contributed by atoms with Crippen molar-refractivity contribution >= 4 is 11.0 Å². The number of rotatable bonds is 4. The summed E-state index contributed by atoms with van der Waals surface area (Å²) in [6.07, 6.45) is 0. The summed E-state index contributed by atoms with van der Waals surface area (Å²) in [7, 11) is 0. The summed E-state index contributed by atoms with van der Waals surface area (Å²) >= 11 is 0. The summed E-state index contributed by atoms with van der Waals surface area (Å²) in [5, 5.41) is 13.7. The van der Waals surface area contributed by atoms with E-state index in [1.165, 1.54) is 12.1 Å². The molecule has 2 N–H and O–H groups in total. The normalized spacial score (nSPS) is 12.5. The standard InChI is InChI=1S/C19H17F2NO3/c1-10-17(23)6-4-14-13(8-18(24)25-19(10)14)9-22-11(2)12-3-5-15(20)16(21)7-12/h3-8,11,22-23H,9H2,1-2H3/t11-/m1/s1. The number of aryl methyl sites for hydroxylation is 1. The van der Waals surface area contributed by atoms with E-state index in [0.29, 0.717) is 34.2 Å². The van der Waals surface area contributed by atoms with Gasteiger partial charge in [0, 0.05) is 29.6 Å². The Kier molecular flexibility index (Phi) is 4.55. The highest BCUT2D eigenvalue weighted by molar-refractivity contribution is 5.84. The predicted octanol–water partition coefficient (Wildman–Crippen LogP) is 3.94. The van der Waals surface area contributed by atoms with E-state index in [0.717, 1.165) is 12.1 Å². The number of hydrogen-bond acceptors (Lipinski definition) is 4. The molecule has 0 spiro atoms. The van der Waals surface area contributed by atoms with Crippen LogP contribution >= 0.6 is 0 Å². The van der Waals surface area contributed by atoms with E-state index < -0.39 is 17.3 Å². The van der Waals surface area contributed by atoms with Gasteiger partial charge in [-0.3, -0.25) is 0 Å². The first-order chi connectivity index (χ1) is 11.9. The van der Waals surface area contributed by atoms with Crippen LogP contribution in [0.2, 0.25) is 0 Å². The van der Waals surface area contributed by atoms with Crippen LogP contribution in [0.1, 0.15) is 29.7 Å². The van der Waals surface area contributed by atoms with Gasteiger partial charge in [-0.05, 0) is 49.2 Å². The summed E-state index contributed by atoms with van der Waals surface area (Å²) < 4.78 is 31.6. The molecule has 2 aromatic carbocycles. The van der Waals surface area contributed by atoms with Crippen molar-refractivity contribution in [2.75, 3.05) is 0 Å². The van der Waals surface area contributed by atoms with Gasteiger partial charge in [-0.1, -0.05) is 6.07 Å². The highest BCUT2D eigenvalue weighted by atomic mass is 19.2. The first-order valence-corrected chi connectivity index (χ1v) is 7.80. The zero-order valence-corrected chi connectivity index (χ0v) is 13.8. The van der Waals surface area contributed by atoms with Crippen LogP contribution in [0.15, 0.2) is 45.6 Å². The number of phenols is 1. The Morgan fingerprint density at radius 1 is 1.16 bits per heavy atom. The van der Waals surface area contributed by atoms with Crippen molar-refractivity contribution in [1.82, 2.24) is 5.32 Å². The largest absolute Gasteiger partial charge is 0.508 e. The molecule has 6 heteroatoms. The molecule has 0 aliphatic heterocycles. The average molecular weight is 345 g/mol. The van der Waals surface area contributed by atoms with Gasteiger partial charge in [-0.25, -0.2) is 13.6 Å². The number of halogens is 2. The van der Waals surface area contributed by atoms with Crippen LogP contribution < -0.4 is 10.9 Å². The predicted molar refractivity (Wildman–Crippen MR) is 90.5 cm³/mol. The lowest BCUT2D eigenvalue weighted by Gasteiger charge is -2.15. The Hall–Kier alpha value is -2.73. The zero-order valence-electron chi connectivity index (χ0n) is 13.8. The zero-order chi connectivity index (χ0) is 18.1. The van der Waals surface area contributed by atoms with Gasteiger partial charge in [0.25, 0.3) is 0 Å². The molecule has 0 bridgehead atoms. The molecular weight excluding hydrogens is 328 g/mol. The fourth-order valence-corrected chi connectivity index (χ4v) is 2.72. The van der Waals surface area contributed by atoms with E-state index in [2.05, 4.69) is 5.32 Å². The maximum absolute atomic E-state index is 13.4. The van der Waals surface area contributed by atoms with Crippen molar-refractivity contribution in [3.8, 4) is 5.75 Å². The number of aromatic hydroxyl groups is 1. The Morgan fingerprint density at radius 3 is 2.64 bits per heavy atom. The van der Waals surface area contributed by atoms with Gasteiger partial charge in [0.05, 0.1) is 0 Å². The van der Waals surface area contributed by atoms with Gasteiger partial charge < -0.3 is 14.8 Å². The third kappa shape index (κ3) is 3.39. The highest BCUT2D eigenvalue weighted by Gasteiger charge is 2.13. The van der Waals surface area contributed by atoms with Crippen LogP contribution in [-0.2, 0) is 6.54 Å². The number of hydrogen-bond donors (Lipinski definition) is 2. The smallest absolute Gasteiger partial charge is 0.336 e. The fourth-order valence-electron chi connectivity index (χ4n) is 2.72. The molecule has 1 aromatic heterocycles. The van der Waals surface area contributed by atoms with Crippen LogP contribution in [0.4, 0.5) is 8.78 Å². The topological polar surface area (TPSA) is 62.5 Å². The molecule has 1 atom stereocenters. The molecular formula is C19H17F2NO3. The highest BCUT2D eigenvalue weighted by Crippen LogP contribution is 2.27. The van der Waals surface area contributed by atoms with Crippen LogP contribution in [0, 0.1) is 18.6 Å². The molecule has 0 saturated carbocycles. The van der Waals surface area contributed by atoms with Gasteiger partial charge in [0.1, 0.15) is 11.3 Å². The van der Waals surface area contributed by atoms with Crippen molar-refractivity contribution in [2.24, 2.45) is 0 Å². The van der Waals surface area contributed by atoms with Crippen molar-refractivity contribution in [1.29, 1.82) is 0 Å². The van der Waals surface area contributed by atoms with E-state index in [1.807, 2.05) is 6.92 Å². The lowest BCUT2D eigenvalue weighted by molar-refractivity contribution is 0.468. The molecule has 0 aliphatic rings. The van der Waals surface area contributed by atoms with Crippen molar-refractivity contribution < 1.29 is 18.3 Å². The number of benzene rings is 2. The van der Waals surface area contributed by atoms with Crippen LogP contribution in [0.25, 0.3) is 11.0 Å². The molecule has 1 heterocycles. The van der Waals surface area contributed by atoms with Gasteiger partial charge in [-0.2, -0.15) is 0 Å². The minimum absolute atomic E-state index is 0.0518. The molecule has 4 nitrogen and oxygen atoms in total. The third-order valence-corrected chi connectivity index (χ3v) is 4.26. The van der Waals surface area contributed by atoms with Crippen LogP contribution in [0.3, 0.4) is 0 Å². The van der Waals surface area contributed by atoms with Crippen LogP contribution in [-0.4, -0.2) is 5.11 Å². The van der Waals surface area contributed by atoms with E-state index in [4.69, 9.17) is 4.42 Å². The third-order valence-electron chi connectivity index (χ3n) is 4.26. The summed E-state index contributed by atoms with van der Waals surface area (Å²) in [5.74, 6) is -1.74. The van der Waals surface area contributed by atoms with E-state index in [1.54, 1.807) is 19.1 Å². The number of fused-ring (bicyclic) bond motifs is 1. The minimum atomic E-state index is -0.900. The summed E-state index contributed by atoms with van der Waals surface area (Å²) in [6.45, 7) is 3.81. The first-order valence-electron chi connectivity index (χ1n) is 7.80. The SMILES string of the molecule is Cc1c(O)ccc2c(CN[C@H](C)c3ccc(F)c(F)c3)cc(=O)oc12. The molecule has 3 rings (SSSR count). The molecule has 3 aromatic rings. The van der Waals surface area contributed by atoms with Crippen molar-refractivity contribution in [2.45, 2.75) is 26.4 Å². The summed E-state index contributed by atoms with van der Waals surface area (Å²) in [5.41, 5.74) is 1.61.